The van der Waals surface area contributed by atoms with Crippen LogP contribution in [0.3, 0.4) is 0 Å². The number of ether oxygens (including phenoxy) is 1. The summed E-state index contributed by atoms with van der Waals surface area (Å²) < 4.78 is 32.2. The minimum atomic E-state index is -3.48. The molecule has 2 heterocycles. The second-order valence-electron chi connectivity index (χ2n) is 7.08. The topological polar surface area (TPSA) is 116 Å². The van der Waals surface area contributed by atoms with Crippen molar-refractivity contribution in [2.45, 2.75) is 13.0 Å². The van der Waals surface area contributed by atoms with Crippen LogP contribution >= 0.6 is 0 Å². The number of aromatic nitrogens is 1. The highest BCUT2D eigenvalue weighted by atomic mass is 32.2. The fourth-order valence-electron chi connectivity index (χ4n) is 3.21. The normalized spacial score (nSPS) is 15.7. The number of carbonyl (C=O) groups excluding carboxylic acids is 1. The van der Waals surface area contributed by atoms with Crippen LogP contribution in [-0.4, -0.2) is 68.2 Å². The van der Waals surface area contributed by atoms with Crippen molar-refractivity contribution in [1.82, 2.24) is 14.6 Å². The van der Waals surface area contributed by atoms with Crippen molar-refractivity contribution in [2.24, 2.45) is 0 Å². The molecule has 0 saturated carbocycles. The van der Waals surface area contributed by atoms with E-state index < -0.39 is 22.0 Å². The summed E-state index contributed by atoms with van der Waals surface area (Å²) in [6, 6.07) is 14.1. The Hall–Kier alpha value is -3.16. The highest BCUT2D eigenvalue weighted by Gasteiger charge is 2.27. The van der Waals surface area contributed by atoms with Gasteiger partial charge in [0.05, 0.1) is 17.4 Å². The van der Waals surface area contributed by atoms with Crippen molar-refractivity contribution in [2.75, 3.05) is 43.4 Å². The van der Waals surface area contributed by atoms with Crippen LogP contribution in [0.25, 0.3) is 0 Å². The molecular formula is C21H25N5O4S. The lowest BCUT2D eigenvalue weighted by Crippen LogP contribution is -2.50. The third-order valence-electron chi connectivity index (χ3n) is 4.91. The van der Waals surface area contributed by atoms with Crippen LogP contribution in [0.2, 0.25) is 0 Å². The molecule has 0 spiro atoms. The van der Waals surface area contributed by atoms with Gasteiger partial charge in [-0.25, -0.2) is 13.4 Å². The van der Waals surface area contributed by atoms with Gasteiger partial charge >= 0.3 is 0 Å². The van der Waals surface area contributed by atoms with E-state index in [4.69, 9.17) is 10.00 Å². The number of rotatable bonds is 8. The summed E-state index contributed by atoms with van der Waals surface area (Å²) in [5.74, 6) is 0.637. The third-order valence-corrected chi connectivity index (χ3v) is 6.78. The van der Waals surface area contributed by atoms with Crippen LogP contribution in [0.5, 0.6) is 5.75 Å². The quantitative estimate of drug-likeness (QED) is 0.647. The summed E-state index contributed by atoms with van der Waals surface area (Å²) in [5.41, 5.74) is 0.430. The van der Waals surface area contributed by atoms with E-state index in [1.54, 1.807) is 37.4 Å². The Morgan fingerprint density at radius 3 is 2.68 bits per heavy atom. The average Bonchev–Trinajstić information content (AvgIpc) is 2.79. The van der Waals surface area contributed by atoms with E-state index in [0.29, 0.717) is 37.5 Å². The lowest BCUT2D eigenvalue weighted by Gasteiger charge is -2.34. The number of hydrogen-bond acceptors (Lipinski definition) is 7. The van der Waals surface area contributed by atoms with Gasteiger partial charge in [0.2, 0.25) is 10.0 Å². The molecule has 1 aromatic heterocycles. The summed E-state index contributed by atoms with van der Waals surface area (Å²) in [5, 5.41) is 11.5. The number of carbonyl (C=O) groups is 1. The van der Waals surface area contributed by atoms with Gasteiger partial charge in [-0.2, -0.15) is 9.57 Å². The second-order valence-corrected chi connectivity index (χ2v) is 9.17. The predicted octanol–water partition coefficient (Wildman–Crippen LogP) is 0.989. The third kappa shape index (κ3) is 6.16. The number of nitrogens with zero attached hydrogens (tertiary/aromatic N) is 4. The molecule has 1 saturated heterocycles. The highest BCUT2D eigenvalue weighted by molar-refractivity contribution is 7.89. The largest absolute Gasteiger partial charge is 0.481 e. The van der Waals surface area contributed by atoms with Gasteiger partial charge in [-0.05, 0) is 37.3 Å². The number of piperazine rings is 1. The molecule has 0 radical (unpaired) electrons. The molecule has 1 atom stereocenters. The molecule has 1 N–H and O–H groups in total. The summed E-state index contributed by atoms with van der Waals surface area (Å²) >= 11 is 0. The van der Waals surface area contributed by atoms with E-state index >= 15 is 0 Å². The first-order valence-corrected chi connectivity index (χ1v) is 11.6. The highest BCUT2D eigenvalue weighted by Crippen LogP contribution is 2.15. The smallest absolute Gasteiger partial charge is 0.260 e. The van der Waals surface area contributed by atoms with Gasteiger partial charge < -0.3 is 15.0 Å². The fraction of sp³-hybridized carbons (Fsp3) is 0.381. The molecule has 2 aromatic rings. The molecule has 31 heavy (non-hydrogen) atoms. The number of benzene rings is 1. The Labute approximate surface area is 182 Å². The molecule has 3 rings (SSSR count). The average molecular weight is 444 g/mol. The Balaban J connectivity index is 1.44. The maximum absolute atomic E-state index is 12.6. The van der Waals surface area contributed by atoms with Crippen molar-refractivity contribution in [3.8, 4) is 11.8 Å². The van der Waals surface area contributed by atoms with Crippen LogP contribution in [0, 0.1) is 11.3 Å². The lowest BCUT2D eigenvalue weighted by molar-refractivity contribution is -0.127. The molecule has 0 bridgehead atoms. The van der Waals surface area contributed by atoms with Crippen molar-refractivity contribution in [3.63, 3.8) is 0 Å². The molecule has 1 aliphatic rings. The van der Waals surface area contributed by atoms with Crippen LogP contribution in [0.4, 0.5) is 5.82 Å². The molecule has 1 aliphatic heterocycles. The zero-order valence-electron chi connectivity index (χ0n) is 17.3. The summed E-state index contributed by atoms with van der Waals surface area (Å²) in [4.78, 5) is 18.6. The Morgan fingerprint density at radius 2 is 2.00 bits per heavy atom. The van der Waals surface area contributed by atoms with Crippen molar-refractivity contribution in [3.05, 3.63) is 54.2 Å². The Morgan fingerprint density at radius 1 is 1.23 bits per heavy atom. The van der Waals surface area contributed by atoms with Crippen LogP contribution < -0.4 is 15.0 Å². The summed E-state index contributed by atoms with van der Waals surface area (Å²) in [7, 11) is -3.48. The van der Waals surface area contributed by atoms with E-state index in [-0.39, 0.29) is 12.3 Å². The standard InChI is InChI=1S/C21H25N5O4S/c1-17(30-19-6-4-5-18(15-19)16-22)21(27)24-9-14-31(28,29)26-12-10-25(11-13-26)20-7-2-3-8-23-20/h2-8,15,17H,9-14H2,1H3,(H,24,27). The molecule has 1 fully saturated rings. The van der Waals surface area contributed by atoms with Crippen molar-refractivity contribution in [1.29, 1.82) is 5.26 Å². The molecule has 1 amide bonds. The second kappa shape index (κ2) is 10.2. The van der Waals surface area contributed by atoms with E-state index in [0.717, 1.165) is 5.82 Å². The van der Waals surface area contributed by atoms with Gasteiger partial charge in [-0.1, -0.05) is 12.1 Å². The fourth-order valence-corrected chi connectivity index (χ4v) is 4.55. The van der Waals surface area contributed by atoms with Crippen LogP contribution in [-0.2, 0) is 14.8 Å². The number of hydrogen-bond donors (Lipinski definition) is 1. The number of pyridine rings is 1. The van der Waals surface area contributed by atoms with Gasteiger partial charge in [-0.15, -0.1) is 0 Å². The SMILES string of the molecule is CC(Oc1cccc(C#N)c1)C(=O)NCCS(=O)(=O)N1CCN(c2ccccn2)CC1. The number of sulfonamides is 1. The minimum absolute atomic E-state index is 0.00639. The van der Waals surface area contributed by atoms with Crippen LogP contribution in [0.1, 0.15) is 12.5 Å². The molecule has 9 nitrogen and oxygen atoms in total. The number of nitriles is 1. The first-order valence-electron chi connectivity index (χ1n) is 9.97. The van der Waals surface area contributed by atoms with E-state index in [1.807, 2.05) is 29.2 Å². The first kappa shape index (κ1) is 22.5. The van der Waals surface area contributed by atoms with Gasteiger partial charge in [0.25, 0.3) is 5.91 Å². The molecule has 0 aliphatic carbocycles. The Bertz CT molecular complexity index is 1030. The van der Waals surface area contributed by atoms with E-state index in [1.165, 1.54) is 4.31 Å². The molecule has 1 unspecified atom stereocenters. The lowest BCUT2D eigenvalue weighted by atomic mass is 10.2. The van der Waals surface area contributed by atoms with Gasteiger partial charge in [0, 0.05) is 38.9 Å². The molecule has 1 aromatic carbocycles. The van der Waals surface area contributed by atoms with Gasteiger partial charge in [0.15, 0.2) is 6.10 Å². The van der Waals surface area contributed by atoms with E-state index in [9.17, 15) is 13.2 Å². The summed E-state index contributed by atoms with van der Waals surface area (Å²) in [6.07, 6.45) is 0.894. The number of amides is 1. The first-order chi connectivity index (χ1) is 14.9. The summed E-state index contributed by atoms with van der Waals surface area (Å²) in [6.45, 7) is 3.45. The van der Waals surface area contributed by atoms with Crippen molar-refractivity contribution < 1.29 is 17.9 Å². The maximum atomic E-state index is 12.6. The zero-order valence-corrected chi connectivity index (χ0v) is 18.1. The monoisotopic (exact) mass is 443 g/mol. The minimum Gasteiger partial charge on any atom is -0.481 e. The maximum Gasteiger partial charge on any atom is 0.260 e. The van der Waals surface area contributed by atoms with Gasteiger partial charge in [0.1, 0.15) is 11.6 Å². The number of anilines is 1. The number of nitrogens with one attached hydrogen (secondary N) is 1. The predicted molar refractivity (Wildman–Crippen MR) is 116 cm³/mol. The van der Waals surface area contributed by atoms with Gasteiger partial charge in [-0.3, -0.25) is 4.79 Å². The van der Waals surface area contributed by atoms with Crippen LogP contribution in [0.15, 0.2) is 48.7 Å². The van der Waals surface area contributed by atoms with E-state index in [2.05, 4.69) is 10.3 Å². The Kier molecular flexibility index (Phi) is 7.44. The molecular weight excluding hydrogens is 418 g/mol. The van der Waals surface area contributed by atoms with Crippen molar-refractivity contribution >= 4 is 21.7 Å². The zero-order chi connectivity index (χ0) is 22.3. The molecule has 164 valence electrons. The molecule has 10 heteroatoms.